The summed E-state index contributed by atoms with van der Waals surface area (Å²) in [6, 6.07) is 16.9. The van der Waals surface area contributed by atoms with Gasteiger partial charge in [-0.25, -0.2) is 0 Å². The maximum absolute atomic E-state index is 13.6. The Balaban J connectivity index is 1.63. The lowest BCUT2D eigenvalue weighted by Crippen LogP contribution is -2.25. The van der Waals surface area contributed by atoms with E-state index >= 15 is 0 Å². The van der Waals surface area contributed by atoms with Crippen LogP contribution in [0.5, 0.6) is 5.75 Å². The van der Waals surface area contributed by atoms with Gasteiger partial charge >= 0.3 is 12.6 Å². The van der Waals surface area contributed by atoms with Crippen LogP contribution in [0.2, 0.25) is 5.02 Å². The zero-order chi connectivity index (χ0) is 29.5. The highest BCUT2D eigenvalue weighted by molar-refractivity contribution is 8.15. The number of nitrogens with one attached hydrogen (secondary N) is 1. The minimum absolute atomic E-state index is 0.0245. The van der Waals surface area contributed by atoms with Crippen LogP contribution in [0.1, 0.15) is 44.6 Å². The van der Waals surface area contributed by atoms with Crippen LogP contribution in [-0.2, 0) is 14.3 Å². The number of amides is 1. The fourth-order valence-corrected chi connectivity index (χ4v) is 6.76. The van der Waals surface area contributed by atoms with Gasteiger partial charge in [0, 0.05) is 16.0 Å². The van der Waals surface area contributed by atoms with Gasteiger partial charge in [-0.05, 0) is 74.3 Å². The summed E-state index contributed by atoms with van der Waals surface area (Å²) in [6.45, 7) is 0.933. The highest BCUT2D eigenvalue weighted by Gasteiger charge is 2.27. The Morgan fingerprint density at radius 1 is 1.12 bits per heavy atom. The highest BCUT2D eigenvalue weighted by atomic mass is 35.5. The molecule has 3 aromatic carbocycles. The van der Waals surface area contributed by atoms with Crippen molar-refractivity contribution in [3.63, 3.8) is 0 Å². The first-order valence-electron chi connectivity index (χ1n) is 13.4. The molecule has 6 nitrogen and oxygen atoms in total. The van der Waals surface area contributed by atoms with Gasteiger partial charge in [0.05, 0.1) is 35.3 Å². The third-order valence-corrected chi connectivity index (χ3v) is 9.35. The molecule has 0 heterocycles. The van der Waals surface area contributed by atoms with E-state index in [2.05, 4.69) is 22.3 Å². The number of benzene rings is 3. The van der Waals surface area contributed by atoms with Crippen molar-refractivity contribution in [1.82, 2.24) is 0 Å². The van der Waals surface area contributed by atoms with Gasteiger partial charge in [0.2, 0.25) is 5.91 Å². The molecule has 10 heteroatoms. The van der Waals surface area contributed by atoms with Crippen LogP contribution in [0.25, 0.3) is 11.1 Å². The molecule has 4 rings (SSSR count). The molecule has 0 radical (unpaired) electrons. The zero-order valence-corrected chi connectivity index (χ0v) is 24.4. The number of ether oxygens (including phenoxy) is 2. The lowest BCUT2D eigenvalue weighted by Gasteiger charge is -2.20. The van der Waals surface area contributed by atoms with Crippen molar-refractivity contribution in [1.29, 1.82) is 0 Å². The zero-order valence-electron chi connectivity index (χ0n) is 22.9. The van der Waals surface area contributed by atoms with Crippen molar-refractivity contribution in [3.05, 3.63) is 71.2 Å². The molecule has 1 aliphatic rings. The third-order valence-electron chi connectivity index (χ3n) is 6.76. The van der Waals surface area contributed by atoms with E-state index in [1.54, 1.807) is 25.1 Å². The predicted octanol–water partition coefficient (Wildman–Crippen LogP) is 7.73. The standard InChI is InChI=1S/C31H33ClF2N2O4S/c1-3-39-29(37)16-23(20-11-13-21(14-12-20)41(4-2)18-19-9-10-19)30(38)36-27-15-24(25(32)17-26(27)35)22-7-5-6-8-28(22)40-31(33)34/h4-8,11-15,17,19,23,31H,3,9-10,16,18,35H2,1-2H3,(H,36,38). The van der Waals surface area contributed by atoms with Crippen LogP contribution in [-0.4, -0.2) is 36.2 Å². The maximum Gasteiger partial charge on any atom is 0.387 e. The van der Waals surface area contributed by atoms with Gasteiger partial charge < -0.3 is 20.5 Å². The second-order valence-electron chi connectivity index (χ2n) is 9.69. The van der Waals surface area contributed by atoms with Gasteiger partial charge in [0.15, 0.2) is 0 Å². The largest absolute Gasteiger partial charge is 0.466 e. The second kappa shape index (κ2) is 14.0. The van der Waals surface area contributed by atoms with E-state index in [9.17, 15) is 18.4 Å². The summed E-state index contributed by atoms with van der Waals surface area (Å²) in [4.78, 5) is 27.3. The van der Waals surface area contributed by atoms with E-state index in [1.165, 1.54) is 35.9 Å². The van der Waals surface area contributed by atoms with Gasteiger partial charge in [-0.2, -0.15) is 19.3 Å². The number of nitrogens with two attached hydrogens (primary N) is 1. The molecule has 2 atom stereocenters. The highest BCUT2D eigenvalue weighted by Crippen LogP contribution is 2.41. The Hall–Kier alpha value is -3.43. The third kappa shape index (κ3) is 8.07. The molecule has 0 aromatic heterocycles. The number of carbonyl (C=O) groups excluding carboxylic acids is 2. The molecule has 3 N–H and O–H groups in total. The van der Waals surface area contributed by atoms with E-state index in [0.29, 0.717) is 16.7 Å². The lowest BCUT2D eigenvalue weighted by molar-refractivity contribution is -0.144. The number of carbonyl (C=O) groups is 2. The summed E-state index contributed by atoms with van der Waals surface area (Å²) in [5.74, 6) is 0.00684. The lowest BCUT2D eigenvalue weighted by atomic mass is 9.94. The van der Waals surface area contributed by atoms with Gasteiger partial charge in [-0.1, -0.05) is 47.3 Å². The summed E-state index contributed by atoms with van der Waals surface area (Å²) in [5.41, 5.74) is 7.90. The summed E-state index contributed by atoms with van der Waals surface area (Å²) >= 11 is 6.43. The second-order valence-corrected chi connectivity index (χ2v) is 12.2. The summed E-state index contributed by atoms with van der Waals surface area (Å²) in [7, 11) is 0.0245. The normalized spacial score (nSPS) is 14.5. The van der Waals surface area contributed by atoms with Gasteiger partial charge in [0.1, 0.15) is 5.75 Å². The smallest absolute Gasteiger partial charge is 0.387 e. The SMILES string of the molecule is C/C=S(/CC1CC1)c1ccc(C(CC(=O)OCC)C(=O)Nc2cc(-c3ccccc3OC(F)F)c(Cl)cc2N)cc1. The molecule has 0 spiro atoms. The molecular formula is C31H33ClF2N2O4S. The van der Waals surface area contributed by atoms with Crippen molar-refractivity contribution in [3.8, 4) is 16.9 Å². The molecule has 0 saturated heterocycles. The minimum Gasteiger partial charge on any atom is -0.466 e. The van der Waals surface area contributed by atoms with Crippen LogP contribution in [0.4, 0.5) is 20.2 Å². The monoisotopic (exact) mass is 602 g/mol. The van der Waals surface area contributed by atoms with Crippen molar-refractivity contribution in [2.45, 2.75) is 50.5 Å². The number of anilines is 2. The van der Waals surface area contributed by atoms with E-state index < -0.39 is 24.4 Å². The molecule has 1 amide bonds. The Kier molecular flexibility index (Phi) is 10.4. The van der Waals surface area contributed by atoms with Crippen molar-refractivity contribution in [2.24, 2.45) is 5.92 Å². The van der Waals surface area contributed by atoms with Gasteiger partial charge in [-0.15, -0.1) is 0 Å². The van der Waals surface area contributed by atoms with Gasteiger partial charge in [-0.3, -0.25) is 9.59 Å². The molecule has 41 heavy (non-hydrogen) atoms. The van der Waals surface area contributed by atoms with Crippen molar-refractivity contribution >= 4 is 50.7 Å². The maximum atomic E-state index is 13.6. The number of hydrogen-bond acceptors (Lipinski definition) is 5. The van der Waals surface area contributed by atoms with Crippen molar-refractivity contribution in [2.75, 3.05) is 23.4 Å². The molecule has 1 aliphatic carbocycles. The summed E-state index contributed by atoms with van der Waals surface area (Å²) in [5, 5.41) is 5.23. The predicted molar refractivity (Wildman–Crippen MR) is 162 cm³/mol. The quantitative estimate of drug-likeness (QED) is 0.126. The first-order chi connectivity index (χ1) is 19.7. The minimum atomic E-state index is -3.03. The average Bonchev–Trinajstić information content (AvgIpc) is 3.76. The Bertz CT molecular complexity index is 1430. The van der Waals surface area contributed by atoms with Crippen molar-refractivity contribution < 1.29 is 27.8 Å². The molecule has 0 aliphatic heterocycles. The first kappa shape index (κ1) is 30.5. The molecule has 218 valence electrons. The molecule has 1 saturated carbocycles. The molecular weight excluding hydrogens is 570 g/mol. The van der Waals surface area contributed by atoms with E-state index in [-0.39, 0.29) is 45.7 Å². The van der Waals surface area contributed by atoms with E-state index in [0.717, 1.165) is 11.7 Å². The molecule has 3 aromatic rings. The van der Waals surface area contributed by atoms with E-state index in [4.69, 9.17) is 22.1 Å². The number of hydrogen-bond donors (Lipinski definition) is 2. The number of nitrogen functional groups attached to an aromatic ring is 1. The first-order valence-corrected chi connectivity index (χ1v) is 15.2. The Morgan fingerprint density at radius 3 is 2.46 bits per heavy atom. The van der Waals surface area contributed by atoms with Crippen LogP contribution in [0.15, 0.2) is 65.6 Å². The molecule has 1 fully saturated rings. The van der Waals surface area contributed by atoms with Crippen LogP contribution in [0, 0.1) is 5.92 Å². The Labute approximate surface area is 246 Å². The summed E-state index contributed by atoms with van der Waals surface area (Å²) in [6.07, 6.45) is 2.38. The number of rotatable bonds is 12. The summed E-state index contributed by atoms with van der Waals surface area (Å²) < 4.78 is 35.8. The number of esters is 1. The number of para-hydroxylation sites is 1. The number of alkyl halides is 2. The van der Waals surface area contributed by atoms with Crippen LogP contribution in [0.3, 0.4) is 0 Å². The van der Waals surface area contributed by atoms with Crippen LogP contribution < -0.4 is 15.8 Å². The Morgan fingerprint density at radius 2 is 1.83 bits per heavy atom. The number of halogens is 3. The average molecular weight is 603 g/mol. The van der Waals surface area contributed by atoms with Gasteiger partial charge in [0.25, 0.3) is 0 Å². The molecule has 0 bridgehead atoms. The van der Waals surface area contributed by atoms with Crippen LogP contribution >= 0.6 is 22.1 Å². The fourth-order valence-electron chi connectivity index (χ4n) is 4.50. The topological polar surface area (TPSA) is 90.7 Å². The fraction of sp³-hybridized carbons (Fsp3) is 0.323. The molecule has 2 unspecified atom stereocenters. The van der Waals surface area contributed by atoms with E-state index in [1.807, 2.05) is 24.3 Å².